The molecule has 11 nitrogen and oxygen atoms in total. The first-order valence-corrected chi connectivity index (χ1v) is 26.9. The lowest BCUT2D eigenvalue weighted by Gasteiger charge is -2.40. The first-order valence-electron chi connectivity index (χ1n) is 26.9. The molecule has 11 heteroatoms. The minimum Gasteiger partial charge on any atom is -0.394 e. The van der Waals surface area contributed by atoms with Gasteiger partial charge >= 0.3 is 0 Å². The van der Waals surface area contributed by atoms with Crippen LogP contribution in [0.1, 0.15) is 232 Å². The summed E-state index contributed by atoms with van der Waals surface area (Å²) in [5.41, 5.74) is 0. The van der Waals surface area contributed by atoms with Gasteiger partial charge in [-0.25, -0.2) is 0 Å². The van der Waals surface area contributed by atoms with Crippen LogP contribution >= 0.6 is 0 Å². The molecule has 65 heavy (non-hydrogen) atoms. The van der Waals surface area contributed by atoms with Crippen molar-refractivity contribution in [3.05, 3.63) is 36.5 Å². The van der Waals surface area contributed by atoms with Crippen LogP contribution in [0.25, 0.3) is 0 Å². The number of hydrogen-bond acceptors (Lipinski definition) is 10. The van der Waals surface area contributed by atoms with Gasteiger partial charge in [-0.2, -0.15) is 0 Å². The summed E-state index contributed by atoms with van der Waals surface area (Å²) >= 11 is 0. The molecule has 1 heterocycles. The lowest BCUT2D eigenvalue weighted by Crippen LogP contribution is -2.60. The normalized spacial score (nSPS) is 21.2. The van der Waals surface area contributed by atoms with Gasteiger partial charge in [0.05, 0.1) is 25.4 Å². The average molecular weight is 924 g/mol. The Morgan fingerprint density at radius 3 is 1.37 bits per heavy atom. The molecule has 1 fully saturated rings. The van der Waals surface area contributed by atoms with Crippen LogP contribution in [0.15, 0.2) is 36.5 Å². The van der Waals surface area contributed by atoms with Gasteiger partial charge in [-0.15, -0.1) is 0 Å². The van der Waals surface area contributed by atoms with Crippen LogP contribution in [0.5, 0.6) is 0 Å². The number of hydrogen-bond donors (Lipinski definition) is 8. The van der Waals surface area contributed by atoms with E-state index in [1.54, 1.807) is 0 Å². The quantitative estimate of drug-likeness (QED) is 0.0216. The van der Waals surface area contributed by atoms with Gasteiger partial charge in [0, 0.05) is 0 Å². The molecule has 0 radical (unpaired) electrons. The summed E-state index contributed by atoms with van der Waals surface area (Å²) in [6.45, 7) is 3.38. The fourth-order valence-corrected chi connectivity index (χ4v) is 8.47. The Morgan fingerprint density at radius 1 is 0.523 bits per heavy atom. The minimum atomic E-state index is -1.67. The summed E-state index contributed by atoms with van der Waals surface area (Å²) in [5.74, 6) is -0.717. The SMILES string of the molecule is CCCCCCCCCCCCCCCCCCC/C=C/CC/C=C/CC/C=C/CCCC(O)C(O)C(COC1OC(CO)C(O)C(O)C1O)NC(=O)C(O)CCCCCCCCCC. The van der Waals surface area contributed by atoms with E-state index in [2.05, 4.69) is 55.6 Å². The summed E-state index contributed by atoms with van der Waals surface area (Å²) in [5, 5.41) is 75.5. The Kier molecular flexibility index (Phi) is 41.1. The van der Waals surface area contributed by atoms with Crippen LogP contribution in [-0.2, 0) is 14.3 Å². The van der Waals surface area contributed by atoms with E-state index in [1.807, 2.05) is 0 Å². The average Bonchev–Trinajstić information content (AvgIpc) is 3.31. The van der Waals surface area contributed by atoms with Crippen molar-refractivity contribution in [2.75, 3.05) is 13.2 Å². The molecule has 1 aliphatic heterocycles. The lowest BCUT2D eigenvalue weighted by molar-refractivity contribution is -0.303. The van der Waals surface area contributed by atoms with Gasteiger partial charge in [-0.3, -0.25) is 4.79 Å². The van der Waals surface area contributed by atoms with Crippen LogP contribution in [0, 0.1) is 0 Å². The molecule has 0 aliphatic carbocycles. The largest absolute Gasteiger partial charge is 0.394 e. The van der Waals surface area contributed by atoms with Crippen molar-refractivity contribution in [3.63, 3.8) is 0 Å². The van der Waals surface area contributed by atoms with Crippen molar-refractivity contribution in [3.8, 4) is 0 Å². The first kappa shape index (κ1) is 61.3. The predicted molar refractivity (Wildman–Crippen MR) is 265 cm³/mol. The summed E-state index contributed by atoms with van der Waals surface area (Å²) in [6.07, 6.45) is 41.1. The van der Waals surface area contributed by atoms with Crippen LogP contribution in [0.2, 0.25) is 0 Å². The number of aliphatic hydroxyl groups excluding tert-OH is 7. The molecule has 0 saturated carbocycles. The molecule has 9 atom stereocenters. The predicted octanol–water partition coefficient (Wildman–Crippen LogP) is 10.3. The van der Waals surface area contributed by atoms with E-state index in [-0.39, 0.29) is 12.8 Å². The van der Waals surface area contributed by atoms with Crippen molar-refractivity contribution < 1.29 is 50.0 Å². The standard InChI is InChI=1S/C54H101NO10/c1-3-5-7-9-11-13-14-15-16-17-18-19-20-21-22-23-24-25-26-27-28-29-30-31-32-33-34-36-37-39-41-46(57)49(59)45(44-64-54-52(62)51(61)50(60)48(43-56)65-54)55-53(63)47(58)42-40-38-35-12-10-8-6-4-2/h26-27,30-31,34,36,45-52,54,56-62H,3-25,28-29,32-33,35,37-44H2,1-2H3,(H,55,63)/b27-26+,31-30+,36-34+. The Morgan fingerprint density at radius 2 is 0.923 bits per heavy atom. The van der Waals surface area contributed by atoms with Crippen molar-refractivity contribution in [1.29, 1.82) is 0 Å². The molecule has 0 aromatic carbocycles. The zero-order valence-corrected chi connectivity index (χ0v) is 41.5. The highest BCUT2D eigenvalue weighted by molar-refractivity contribution is 5.80. The van der Waals surface area contributed by atoms with E-state index in [0.717, 1.165) is 44.9 Å². The minimum absolute atomic E-state index is 0.242. The molecule has 0 aromatic heterocycles. The van der Waals surface area contributed by atoms with Crippen LogP contribution in [0.3, 0.4) is 0 Å². The van der Waals surface area contributed by atoms with Gasteiger partial charge in [0.1, 0.15) is 36.6 Å². The Balaban J connectivity index is 2.27. The molecule has 0 aromatic rings. The van der Waals surface area contributed by atoms with Gasteiger partial charge in [0.25, 0.3) is 0 Å². The summed E-state index contributed by atoms with van der Waals surface area (Å²) < 4.78 is 11.1. The van der Waals surface area contributed by atoms with E-state index in [1.165, 1.54) is 141 Å². The number of allylic oxidation sites excluding steroid dienone is 6. The Bertz CT molecular complexity index is 1150. The number of amides is 1. The Hall–Kier alpha value is -1.67. The highest BCUT2D eigenvalue weighted by Crippen LogP contribution is 2.23. The number of rotatable bonds is 45. The fourth-order valence-electron chi connectivity index (χ4n) is 8.47. The molecule has 0 bridgehead atoms. The number of carbonyl (C=O) groups excluding carboxylic acids is 1. The third kappa shape index (κ3) is 32.7. The molecule has 382 valence electrons. The molecule has 9 unspecified atom stereocenters. The zero-order chi connectivity index (χ0) is 47.6. The number of aliphatic hydroxyl groups is 7. The van der Waals surface area contributed by atoms with Crippen molar-refractivity contribution in [1.82, 2.24) is 5.32 Å². The fraction of sp³-hybridized carbons (Fsp3) is 0.870. The van der Waals surface area contributed by atoms with E-state index < -0.39 is 74.2 Å². The van der Waals surface area contributed by atoms with Gasteiger partial charge in [-0.1, -0.05) is 204 Å². The number of carbonyl (C=O) groups is 1. The molecule has 0 spiro atoms. The van der Waals surface area contributed by atoms with E-state index in [9.17, 15) is 40.5 Å². The third-order valence-corrected chi connectivity index (χ3v) is 12.9. The van der Waals surface area contributed by atoms with E-state index >= 15 is 0 Å². The van der Waals surface area contributed by atoms with Gasteiger partial charge < -0.3 is 50.5 Å². The van der Waals surface area contributed by atoms with Crippen LogP contribution < -0.4 is 5.32 Å². The van der Waals surface area contributed by atoms with Crippen molar-refractivity contribution >= 4 is 5.91 Å². The second-order valence-electron chi connectivity index (χ2n) is 18.9. The van der Waals surface area contributed by atoms with Crippen molar-refractivity contribution in [2.45, 2.75) is 287 Å². The highest BCUT2D eigenvalue weighted by Gasteiger charge is 2.44. The maximum absolute atomic E-state index is 13.0. The zero-order valence-electron chi connectivity index (χ0n) is 41.5. The van der Waals surface area contributed by atoms with E-state index in [0.29, 0.717) is 19.3 Å². The van der Waals surface area contributed by atoms with Gasteiger partial charge in [-0.05, 0) is 64.2 Å². The Labute approximate surface area is 397 Å². The second-order valence-corrected chi connectivity index (χ2v) is 18.9. The molecule has 1 aliphatic rings. The first-order chi connectivity index (χ1) is 31.7. The molecule has 1 rings (SSSR count). The van der Waals surface area contributed by atoms with E-state index in [4.69, 9.17) is 9.47 Å². The van der Waals surface area contributed by atoms with Crippen molar-refractivity contribution in [2.24, 2.45) is 0 Å². The summed E-state index contributed by atoms with van der Waals surface area (Å²) in [7, 11) is 0. The highest BCUT2D eigenvalue weighted by atomic mass is 16.7. The monoisotopic (exact) mass is 924 g/mol. The maximum Gasteiger partial charge on any atom is 0.249 e. The second kappa shape index (κ2) is 43.6. The summed E-state index contributed by atoms with van der Waals surface area (Å²) in [4.78, 5) is 13.0. The third-order valence-electron chi connectivity index (χ3n) is 12.9. The topological polar surface area (TPSA) is 189 Å². The molecule has 8 N–H and O–H groups in total. The molecular weight excluding hydrogens is 823 g/mol. The van der Waals surface area contributed by atoms with Crippen LogP contribution in [-0.4, -0.2) is 110 Å². The van der Waals surface area contributed by atoms with Crippen LogP contribution in [0.4, 0.5) is 0 Å². The number of unbranched alkanes of at least 4 members (excludes halogenated alkanes) is 27. The maximum atomic E-state index is 13.0. The van der Waals surface area contributed by atoms with Gasteiger partial charge in [0.15, 0.2) is 6.29 Å². The van der Waals surface area contributed by atoms with Gasteiger partial charge in [0.2, 0.25) is 5.91 Å². The smallest absolute Gasteiger partial charge is 0.249 e. The molecular formula is C54H101NO10. The lowest BCUT2D eigenvalue weighted by atomic mass is 9.98. The molecule has 1 amide bonds. The number of nitrogens with one attached hydrogen (secondary N) is 1. The summed E-state index contributed by atoms with van der Waals surface area (Å²) in [6, 6.07) is -1.19. The number of ether oxygens (including phenoxy) is 2. The molecule has 1 saturated heterocycles.